The number of aryl methyl sites for hydroxylation is 1. The SMILES string of the molecule is CC(=O)c1cccc2c(Br)cn(C)c12. The molecule has 0 bridgehead atoms. The minimum Gasteiger partial charge on any atom is -0.349 e. The van der Waals surface area contributed by atoms with Crippen LogP contribution in [0, 0.1) is 0 Å². The lowest BCUT2D eigenvalue weighted by atomic mass is 10.1. The highest BCUT2D eigenvalue weighted by Gasteiger charge is 2.10. The maximum absolute atomic E-state index is 11.4. The van der Waals surface area contributed by atoms with E-state index < -0.39 is 0 Å². The first kappa shape index (κ1) is 9.46. The number of carbonyl (C=O) groups excluding carboxylic acids is 1. The van der Waals surface area contributed by atoms with E-state index in [4.69, 9.17) is 0 Å². The minimum absolute atomic E-state index is 0.101. The molecular formula is C11H10BrNO. The zero-order valence-corrected chi connectivity index (χ0v) is 9.63. The Kier molecular flexibility index (Phi) is 2.19. The van der Waals surface area contributed by atoms with E-state index in [1.807, 2.05) is 36.0 Å². The Morgan fingerprint density at radius 2 is 2.14 bits per heavy atom. The molecule has 14 heavy (non-hydrogen) atoms. The monoisotopic (exact) mass is 251 g/mol. The van der Waals surface area contributed by atoms with Gasteiger partial charge in [-0.25, -0.2) is 0 Å². The van der Waals surface area contributed by atoms with Crippen LogP contribution in [0.2, 0.25) is 0 Å². The third-order valence-corrected chi connectivity index (χ3v) is 2.96. The van der Waals surface area contributed by atoms with Crippen LogP contribution in [0.5, 0.6) is 0 Å². The summed E-state index contributed by atoms with van der Waals surface area (Å²) >= 11 is 3.47. The van der Waals surface area contributed by atoms with Crippen LogP contribution < -0.4 is 0 Å². The van der Waals surface area contributed by atoms with E-state index in [1.165, 1.54) is 0 Å². The lowest BCUT2D eigenvalue weighted by Gasteiger charge is -2.01. The summed E-state index contributed by atoms with van der Waals surface area (Å²) < 4.78 is 2.99. The molecule has 1 aromatic heterocycles. The number of fused-ring (bicyclic) bond motifs is 1. The highest BCUT2D eigenvalue weighted by atomic mass is 79.9. The van der Waals surface area contributed by atoms with Crippen molar-refractivity contribution >= 4 is 32.6 Å². The van der Waals surface area contributed by atoms with Crippen molar-refractivity contribution in [2.24, 2.45) is 7.05 Å². The smallest absolute Gasteiger partial charge is 0.161 e. The second-order valence-corrected chi connectivity index (χ2v) is 4.20. The van der Waals surface area contributed by atoms with E-state index >= 15 is 0 Å². The Hall–Kier alpha value is -1.09. The maximum Gasteiger partial charge on any atom is 0.161 e. The van der Waals surface area contributed by atoms with Gasteiger partial charge in [-0.3, -0.25) is 4.79 Å². The van der Waals surface area contributed by atoms with Crippen molar-refractivity contribution in [1.82, 2.24) is 4.57 Å². The van der Waals surface area contributed by atoms with Crippen molar-refractivity contribution in [3.63, 3.8) is 0 Å². The number of hydrogen-bond acceptors (Lipinski definition) is 1. The fourth-order valence-corrected chi connectivity index (χ4v) is 2.33. The van der Waals surface area contributed by atoms with Crippen LogP contribution in [0.4, 0.5) is 0 Å². The number of benzene rings is 1. The summed E-state index contributed by atoms with van der Waals surface area (Å²) in [6.07, 6.45) is 1.97. The fourth-order valence-electron chi connectivity index (χ4n) is 1.70. The molecule has 0 aliphatic rings. The molecule has 1 heterocycles. The van der Waals surface area contributed by atoms with E-state index in [0.29, 0.717) is 0 Å². The molecule has 0 amide bonds. The average molecular weight is 252 g/mol. The minimum atomic E-state index is 0.101. The van der Waals surface area contributed by atoms with Crippen LogP contribution in [0.15, 0.2) is 28.9 Å². The van der Waals surface area contributed by atoms with Crippen molar-refractivity contribution < 1.29 is 4.79 Å². The maximum atomic E-state index is 11.4. The normalized spacial score (nSPS) is 10.8. The van der Waals surface area contributed by atoms with Gasteiger partial charge >= 0.3 is 0 Å². The van der Waals surface area contributed by atoms with Gasteiger partial charge in [0.15, 0.2) is 5.78 Å². The molecule has 0 unspecified atom stereocenters. The summed E-state index contributed by atoms with van der Waals surface area (Å²) in [5.74, 6) is 0.101. The van der Waals surface area contributed by atoms with Crippen LogP contribution in [-0.4, -0.2) is 10.4 Å². The molecule has 1 aromatic carbocycles. The molecule has 0 atom stereocenters. The van der Waals surface area contributed by atoms with Gasteiger partial charge in [0, 0.05) is 28.7 Å². The van der Waals surface area contributed by atoms with E-state index in [9.17, 15) is 4.79 Å². The zero-order chi connectivity index (χ0) is 10.3. The zero-order valence-electron chi connectivity index (χ0n) is 8.04. The second-order valence-electron chi connectivity index (χ2n) is 3.35. The van der Waals surface area contributed by atoms with E-state index in [-0.39, 0.29) is 5.78 Å². The second kappa shape index (κ2) is 3.24. The highest BCUT2D eigenvalue weighted by molar-refractivity contribution is 9.10. The lowest BCUT2D eigenvalue weighted by Crippen LogP contribution is -1.96. The topological polar surface area (TPSA) is 22.0 Å². The molecule has 0 aliphatic heterocycles. The van der Waals surface area contributed by atoms with Crippen molar-refractivity contribution in [3.05, 3.63) is 34.4 Å². The van der Waals surface area contributed by atoms with E-state index in [1.54, 1.807) is 6.92 Å². The summed E-state index contributed by atoms with van der Waals surface area (Å²) in [7, 11) is 1.94. The molecule has 0 N–H and O–H groups in total. The molecule has 2 aromatic rings. The molecule has 0 saturated heterocycles. The summed E-state index contributed by atoms with van der Waals surface area (Å²) in [6.45, 7) is 1.59. The molecular weight excluding hydrogens is 242 g/mol. The first-order valence-electron chi connectivity index (χ1n) is 4.35. The van der Waals surface area contributed by atoms with Crippen LogP contribution in [0.1, 0.15) is 17.3 Å². The van der Waals surface area contributed by atoms with E-state index in [2.05, 4.69) is 15.9 Å². The van der Waals surface area contributed by atoms with Gasteiger partial charge in [-0.05, 0) is 28.9 Å². The van der Waals surface area contributed by atoms with Gasteiger partial charge in [0.25, 0.3) is 0 Å². The van der Waals surface area contributed by atoms with Crippen molar-refractivity contribution in [2.45, 2.75) is 6.92 Å². The largest absolute Gasteiger partial charge is 0.349 e. The first-order chi connectivity index (χ1) is 6.61. The Balaban J connectivity index is 2.92. The number of aromatic nitrogens is 1. The number of para-hydroxylation sites is 1. The van der Waals surface area contributed by atoms with Crippen LogP contribution in [0.25, 0.3) is 10.9 Å². The van der Waals surface area contributed by atoms with Gasteiger partial charge in [0.2, 0.25) is 0 Å². The van der Waals surface area contributed by atoms with Gasteiger partial charge in [-0.15, -0.1) is 0 Å². The Bertz CT molecular complexity index is 513. The third-order valence-electron chi connectivity index (χ3n) is 2.33. The van der Waals surface area contributed by atoms with Crippen LogP contribution in [-0.2, 0) is 7.05 Å². The average Bonchev–Trinajstić information content (AvgIpc) is 2.43. The Labute approximate surface area is 90.7 Å². The predicted octanol–water partition coefficient (Wildman–Crippen LogP) is 3.14. The molecule has 0 spiro atoms. The summed E-state index contributed by atoms with van der Waals surface area (Å²) in [5, 5.41) is 1.08. The van der Waals surface area contributed by atoms with Crippen molar-refractivity contribution in [3.8, 4) is 0 Å². The summed E-state index contributed by atoms with van der Waals surface area (Å²) in [5.41, 5.74) is 1.77. The standard InChI is InChI=1S/C11H10BrNO/c1-7(14)8-4-3-5-9-10(12)6-13(2)11(8)9/h3-6H,1-2H3. The molecule has 2 nitrogen and oxygen atoms in total. The fraction of sp³-hybridized carbons (Fsp3) is 0.182. The summed E-state index contributed by atoms with van der Waals surface area (Å²) in [4.78, 5) is 11.4. The molecule has 0 radical (unpaired) electrons. The lowest BCUT2D eigenvalue weighted by molar-refractivity contribution is 0.101. The number of rotatable bonds is 1. The van der Waals surface area contributed by atoms with Crippen LogP contribution >= 0.6 is 15.9 Å². The molecule has 0 aliphatic carbocycles. The Morgan fingerprint density at radius 1 is 1.43 bits per heavy atom. The number of Topliss-reactive ketones (excluding diaryl/α,β-unsaturated/α-hetero) is 1. The van der Waals surface area contributed by atoms with Gasteiger partial charge in [0.05, 0.1) is 5.52 Å². The van der Waals surface area contributed by atoms with Crippen molar-refractivity contribution in [2.75, 3.05) is 0 Å². The molecule has 0 fully saturated rings. The van der Waals surface area contributed by atoms with Gasteiger partial charge in [0.1, 0.15) is 0 Å². The number of halogens is 1. The number of ketones is 1. The van der Waals surface area contributed by atoms with E-state index in [0.717, 1.165) is 20.9 Å². The van der Waals surface area contributed by atoms with Gasteiger partial charge in [-0.2, -0.15) is 0 Å². The number of hydrogen-bond donors (Lipinski definition) is 0. The summed E-state index contributed by atoms with van der Waals surface area (Å²) in [6, 6.07) is 5.77. The van der Waals surface area contributed by atoms with Gasteiger partial charge < -0.3 is 4.57 Å². The first-order valence-corrected chi connectivity index (χ1v) is 5.15. The highest BCUT2D eigenvalue weighted by Crippen LogP contribution is 2.28. The number of carbonyl (C=O) groups is 1. The predicted molar refractivity (Wildman–Crippen MR) is 60.6 cm³/mol. The Morgan fingerprint density at radius 3 is 2.79 bits per heavy atom. The van der Waals surface area contributed by atoms with Crippen LogP contribution in [0.3, 0.4) is 0 Å². The van der Waals surface area contributed by atoms with Crippen molar-refractivity contribution in [1.29, 1.82) is 0 Å². The van der Waals surface area contributed by atoms with Gasteiger partial charge in [-0.1, -0.05) is 12.1 Å². The molecule has 0 saturated carbocycles. The molecule has 72 valence electrons. The molecule has 3 heteroatoms. The quantitative estimate of drug-likeness (QED) is 0.714. The molecule has 2 rings (SSSR count). The number of nitrogens with zero attached hydrogens (tertiary/aromatic N) is 1. The third kappa shape index (κ3) is 1.28.